The number of hydrogen-bond donors (Lipinski definition) is 2. The lowest BCUT2D eigenvalue weighted by Gasteiger charge is -2.27. The fraction of sp³-hybridized carbons (Fsp3) is 0.440. The van der Waals surface area contributed by atoms with Crippen molar-refractivity contribution in [2.24, 2.45) is 4.99 Å². The van der Waals surface area contributed by atoms with E-state index in [1.165, 1.54) is 0 Å². The van der Waals surface area contributed by atoms with Crippen molar-refractivity contribution >= 4 is 23.2 Å². The largest absolute Gasteiger partial charge is 0.495 e. The number of carbonyl (C=O) groups excluding carboxylic acids is 1. The van der Waals surface area contributed by atoms with Crippen molar-refractivity contribution in [1.29, 1.82) is 0 Å². The van der Waals surface area contributed by atoms with Gasteiger partial charge in [-0.2, -0.15) is 0 Å². The first-order valence-electron chi connectivity index (χ1n) is 11.4. The van der Waals surface area contributed by atoms with Gasteiger partial charge in [-0.25, -0.2) is 0 Å². The number of rotatable bonds is 6. The van der Waals surface area contributed by atoms with Crippen molar-refractivity contribution < 1.29 is 9.53 Å². The number of carbonyl (C=O) groups is 1. The molecule has 7 heteroatoms. The molecule has 2 aliphatic heterocycles. The van der Waals surface area contributed by atoms with E-state index in [0.29, 0.717) is 19.0 Å². The third-order valence-corrected chi connectivity index (χ3v) is 6.21. The summed E-state index contributed by atoms with van der Waals surface area (Å²) in [7, 11) is 3.51. The Morgan fingerprint density at radius 3 is 2.69 bits per heavy atom. The molecule has 2 aromatic rings. The van der Waals surface area contributed by atoms with Crippen LogP contribution in [0.15, 0.2) is 53.5 Å². The van der Waals surface area contributed by atoms with Crippen LogP contribution >= 0.6 is 0 Å². The number of anilines is 2. The second-order valence-corrected chi connectivity index (χ2v) is 8.34. The molecule has 1 unspecified atom stereocenters. The molecule has 2 saturated heterocycles. The summed E-state index contributed by atoms with van der Waals surface area (Å²) in [6, 6.07) is 16.7. The summed E-state index contributed by atoms with van der Waals surface area (Å²) < 4.78 is 5.52. The second kappa shape index (κ2) is 10.4. The predicted molar refractivity (Wildman–Crippen MR) is 130 cm³/mol. The van der Waals surface area contributed by atoms with Crippen molar-refractivity contribution in [3.8, 4) is 5.75 Å². The molecule has 170 valence electrons. The first-order valence-corrected chi connectivity index (χ1v) is 11.4. The minimum atomic E-state index is 0.227. The molecule has 2 heterocycles. The summed E-state index contributed by atoms with van der Waals surface area (Å²) in [4.78, 5) is 20.8. The number of benzene rings is 2. The summed E-state index contributed by atoms with van der Waals surface area (Å²) in [6.07, 6.45) is 3.77. The number of hydrogen-bond acceptors (Lipinski definition) is 4. The molecule has 2 fully saturated rings. The van der Waals surface area contributed by atoms with Crippen molar-refractivity contribution in [1.82, 2.24) is 10.6 Å². The standard InChI is InChI=1S/C25H33N5O2/c1-26-25(28-20-14-16-29(18-20)22-7-3-4-8-23(22)32-2)27-17-19-10-12-21(13-11-19)30-15-6-5-9-24(30)31/h3-4,7-8,10-13,20H,5-6,9,14-18H2,1-2H3,(H2,26,27,28). The Hall–Kier alpha value is -3.22. The van der Waals surface area contributed by atoms with Crippen molar-refractivity contribution in [2.75, 3.05) is 43.6 Å². The summed E-state index contributed by atoms with van der Waals surface area (Å²) in [5.74, 6) is 1.93. The first kappa shape index (κ1) is 22.0. The van der Waals surface area contributed by atoms with Crippen molar-refractivity contribution in [3.05, 3.63) is 54.1 Å². The molecule has 2 aromatic carbocycles. The number of nitrogens with one attached hydrogen (secondary N) is 2. The zero-order chi connectivity index (χ0) is 22.3. The highest BCUT2D eigenvalue weighted by molar-refractivity contribution is 5.94. The fourth-order valence-electron chi connectivity index (χ4n) is 4.43. The Bertz CT molecular complexity index is 944. The van der Waals surface area contributed by atoms with E-state index < -0.39 is 0 Å². The molecular weight excluding hydrogens is 402 g/mol. The molecule has 0 spiro atoms. The minimum absolute atomic E-state index is 0.227. The average molecular weight is 436 g/mol. The van der Waals surface area contributed by atoms with E-state index in [0.717, 1.165) is 67.5 Å². The Morgan fingerprint density at radius 1 is 1.12 bits per heavy atom. The van der Waals surface area contributed by atoms with Crippen LogP contribution in [0.1, 0.15) is 31.2 Å². The number of methoxy groups -OCH3 is 1. The number of amides is 1. The molecule has 2 aliphatic rings. The SMILES string of the molecule is CN=C(NCc1ccc(N2CCCCC2=O)cc1)NC1CCN(c2ccccc2OC)C1. The molecule has 1 atom stereocenters. The van der Waals surface area contributed by atoms with E-state index in [2.05, 4.69) is 38.7 Å². The van der Waals surface area contributed by atoms with Gasteiger partial charge in [0.05, 0.1) is 12.8 Å². The van der Waals surface area contributed by atoms with Gasteiger partial charge < -0.3 is 25.2 Å². The van der Waals surface area contributed by atoms with Crippen LogP contribution in [-0.2, 0) is 11.3 Å². The maximum atomic E-state index is 12.1. The van der Waals surface area contributed by atoms with Gasteiger partial charge in [0.2, 0.25) is 5.91 Å². The molecule has 32 heavy (non-hydrogen) atoms. The van der Waals surface area contributed by atoms with Crippen molar-refractivity contribution in [2.45, 2.75) is 38.3 Å². The van der Waals surface area contributed by atoms with Crippen LogP contribution in [0.5, 0.6) is 5.75 Å². The highest BCUT2D eigenvalue weighted by Gasteiger charge is 2.25. The maximum absolute atomic E-state index is 12.1. The van der Waals surface area contributed by atoms with Gasteiger partial charge in [-0.3, -0.25) is 9.79 Å². The number of piperidine rings is 1. The number of para-hydroxylation sites is 2. The lowest BCUT2D eigenvalue weighted by Crippen LogP contribution is -2.44. The molecule has 0 radical (unpaired) electrons. The highest BCUT2D eigenvalue weighted by Crippen LogP contribution is 2.30. The molecule has 7 nitrogen and oxygen atoms in total. The zero-order valence-corrected chi connectivity index (χ0v) is 19.0. The monoisotopic (exact) mass is 435 g/mol. The molecule has 4 rings (SSSR count). The van der Waals surface area contributed by atoms with Crippen LogP contribution in [0, 0.1) is 0 Å². The van der Waals surface area contributed by atoms with Crippen LogP contribution in [0.2, 0.25) is 0 Å². The van der Waals surface area contributed by atoms with Gasteiger partial charge in [0.1, 0.15) is 5.75 Å². The van der Waals surface area contributed by atoms with E-state index in [4.69, 9.17) is 4.74 Å². The van der Waals surface area contributed by atoms with Crippen LogP contribution in [-0.4, -0.2) is 51.7 Å². The Morgan fingerprint density at radius 2 is 1.94 bits per heavy atom. The van der Waals surface area contributed by atoms with E-state index in [1.54, 1.807) is 14.2 Å². The topological polar surface area (TPSA) is 69.2 Å². The molecule has 0 bridgehead atoms. The van der Waals surface area contributed by atoms with Crippen molar-refractivity contribution in [3.63, 3.8) is 0 Å². The summed E-state index contributed by atoms with van der Waals surface area (Å²) >= 11 is 0. The average Bonchev–Trinajstić information content (AvgIpc) is 3.31. The Kier molecular flexibility index (Phi) is 7.14. The van der Waals surface area contributed by atoms with E-state index in [9.17, 15) is 4.79 Å². The number of ether oxygens (including phenoxy) is 1. The van der Waals surface area contributed by atoms with Gasteiger partial charge in [-0.1, -0.05) is 24.3 Å². The third-order valence-electron chi connectivity index (χ3n) is 6.21. The molecule has 0 aromatic heterocycles. The lowest BCUT2D eigenvalue weighted by atomic mass is 10.1. The zero-order valence-electron chi connectivity index (χ0n) is 19.0. The van der Waals surface area contributed by atoms with Gasteiger partial charge in [-0.05, 0) is 49.1 Å². The first-order chi connectivity index (χ1) is 15.7. The lowest BCUT2D eigenvalue weighted by molar-refractivity contribution is -0.119. The quantitative estimate of drug-likeness (QED) is 0.539. The smallest absolute Gasteiger partial charge is 0.226 e. The summed E-state index contributed by atoms with van der Waals surface area (Å²) in [6.45, 7) is 3.38. The number of aliphatic imine (C=N–C) groups is 1. The third kappa shape index (κ3) is 5.15. The van der Waals surface area contributed by atoms with Crippen LogP contribution < -0.4 is 25.2 Å². The van der Waals surface area contributed by atoms with Gasteiger partial charge in [0.15, 0.2) is 5.96 Å². The Labute approximate surface area is 190 Å². The fourth-order valence-corrected chi connectivity index (χ4v) is 4.43. The van der Waals surface area contributed by atoms with Gasteiger partial charge >= 0.3 is 0 Å². The Balaban J connectivity index is 1.28. The molecular formula is C25H33N5O2. The molecule has 0 aliphatic carbocycles. The normalized spacial score (nSPS) is 19.2. The van der Waals surface area contributed by atoms with E-state index >= 15 is 0 Å². The van der Waals surface area contributed by atoms with Crippen LogP contribution in [0.25, 0.3) is 0 Å². The van der Waals surface area contributed by atoms with Gasteiger partial charge in [0, 0.05) is 51.4 Å². The van der Waals surface area contributed by atoms with Gasteiger partial charge in [0.25, 0.3) is 0 Å². The van der Waals surface area contributed by atoms with E-state index in [-0.39, 0.29) is 5.91 Å². The number of guanidine groups is 1. The van der Waals surface area contributed by atoms with Crippen LogP contribution in [0.3, 0.4) is 0 Å². The summed E-state index contributed by atoms with van der Waals surface area (Å²) in [5.41, 5.74) is 3.28. The second-order valence-electron chi connectivity index (χ2n) is 8.34. The van der Waals surface area contributed by atoms with Crippen LogP contribution in [0.4, 0.5) is 11.4 Å². The molecule has 2 N–H and O–H groups in total. The molecule has 0 saturated carbocycles. The number of nitrogens with zero attached hydrogens (tertiary/aromatic N) is 3. The summed E-state index contributed by atoms with van der Waals surface area (Å²) in [5, 5.41) is 6.96. The predicted octanol–water partition coefficient (Wildman–Crippen LogP) is 3.16. The van der Waals surface area contributed by atoms with Gasteiger partial charge in [-0.15, -0.1) is 0 Å². The van der Waals surface area contributed by atoms with E-state index in [1.807, 2.05) is 35.2 Å². The highest BCUT2D eigenvalue weighted by atomic mass is 16.5. The minimum Gasteiger partial charge on any atom is -0.495 e. The maximum Gasteiger partial charge on any atom is 0.226 e. The molecule has 1 amide bonds.